The number of anilines is 1. The Bertz CT molecular complexity index is 620. The molecule has 0 fully saturated rings. The summed E-state index contributed by atoms with van der Waals surface area (Å²) < 4.78 is 1.98. The summed E-state index contributed by atoms with van der Waals surface area (Å²) >= 11 is 0. The Hall–Kier alpha value is -2.08. The van der Waals surface area contributed by atoms with Crippen LogP contribution in [0.3, 0.4) is 0 Å². The molecule has 0 spiro atoms. The molecule has 0 unspecified atom stereocenters. The lowest BCUT2D eigenvalue weighted by atomic mass is 10.3. The fourth-order valence-electron chi connectivity index (χ4n) is 2.31. The quantitative estimate of drug-likeness (QED) is 0.864. The summed E-state index contributed by atoms with van der Waals surface area (Å²) in [5, 5.41) is 0. The van der Waals surface area contributed by atoms with Crippen molar-refractivity contribution in [3.8, 4) is 0 Å². The summed E-state index contributed by atoms with van der Waals surface area (Å²) in [5.74, 6) is 0.865. The van der Waals surface area contributed by atoms with Gasteiger partial charge in [-0.1, -0.05) is 13.0 Å². The highest BCUT2D eigenvalue weighted by Crippen LogP contribution is 2.21. The van der Waals surface area contributed by atoms with Gasteiger partial charge in [-0.3, -0.25) is 4.79 Å². The van der Waals surface area contributed by atoms with Gasteiger partial charge in [-0.2, -0.15) is 0 Å². The number of pyridine rings is 1. The van der Waals surface area contributed by atoms with Crippen LogP contribution in [0.25, 0.3) is 5.65 Å². The number of likely N-dealkylation sites (N-methyl/N-ethyl adjacent to an activating group) is 1. The first-order chi connectivity index (χ1) is 10.1. The van der Waals surface area contributed by atoms with Crippen molar-refractivity contribution in [2.75, 3.05) is 32.1 Å². The fraction of sp³-hybridized carbons (Fsp3) is 0.467. The molecule has 0 atom stereocenters. The molecule has 2 aromatic rings. The van der Waals surface area contributed by atoms with E-state index >= 15 is 0 Å². The van der Waals surface area contributed by atoms with E-state index in [9.17, 15) is 4.79 Å². The van der Waals surface area contributed by atoms with Crippen LogP contribution in [0.5, 0.6) is 0 Å². The van der Waals surface area contributed by atoms with Gasteiger partial charge in [0.15, 0.2) is 5.82 Å². The van der Waals surface area contributed by atoms with Crippen LogP contribution in [0.1, 0.15) is 19.0 Å². The molecule has 0 aromatic carbocycles. The van der Waals surface area contributed by atoms with Crippen LogP contribution in [0.2, 0.25) is 0 Å². The first-order valence-electron chi connectivity index (χ1n) is 7.19. The van der Waals surface area contributed by atoms with Crippen LogP contribution in [-0.2, 0) is 11.3 Å². The molecule has 2 heterocycles. The van der Waals surface area contributed by atoms with Gasteiger partial charge >= 0.3 is 0 Å². The molecule has 6 heteroatoms. The number of nitrogens with zero attached hydrogens (tertiary/aromatic N) is 4. The van der Waals surface area contributed by atoms with Crippen molar-refractivity contribution in [1.82, 2.24) is 14.3 Å². The lowest BCUT2D eigenvalue weighted by Gasteiger charge is -2.24. The minimum atomic E-state index is 0.0588. The zero-order chi connectivity index (χ0) is 15.4. The normalized spacial score (nSPS) is 10.9. The third-order valence-corrected chi connectivity index (χ3v) is 3.42. The third-order valence-electron chi connectivity index (χ3n) is 3.42. The van der Waals surface area contributed by atoms with Crippen molar-refractivity contribution < 1.29 is 4.79 Å². The highest BCUT2D eigenvalue weighted by Gasteiger charge is 2.19. The van der Waals surface area contributed by atoms with Crippen molar-refractivity contribution in [1.29, 1.82) is 0 Å². The molecular weight excluding hydrogens is 266 g/mol. The first-order valence-corrected chi connectivity index (χ1v) is 7.19. The second-order valence-corrected chi connectivity index (χ2v) is 5.22. The maximum absolute atomic E-state index is 12.0. The van der Waals surface area contributed by atoms with Crippen LogP contribution >= 0.6 is 0 Å². The number of carbonyl (C=O) groups is 1. The topological polar surface area (TPSA) is 66.9 Å². The molecule has 2 aromatic heterocycles. The molecular formula is C15H23N5O. The van der Waals surface area contributed by atoms with E-state index in [-0.39, 0.29) is 5.91 Å². The number of nitrogens with two attached hydrogens (primary N) is 1. The van der Waals surface area contributed by atoms with E-state index in [1.807, 2.05) is 33.7 Å². The summed E-state index contributed by atoms with van der Waals surface area (Å²) in [4.78, 5) is 20.3. The van der Waals surface area contributed by atoms with Crippen LogP contribution in [0.15, 0.2) is 24.4 Å². The first kappa shape index (κ1) is 15.3. The van der Waals surface area contributed by atoms with E-state index in [1.165, 1.54) is 0 Å². The molecule has 1 amide bonds. The molecule has 21 heavy (non-hydrogen) atoms. The standard InChI is InChI=1S/C15H23N5O/c1-4-8-19(11-14(21)18(2)3)15-12(10-16)20-9-6-5-7-13(20)17-15/h5-7,9H,4,8,10-11,16H2,1-3H3. The summed E-state index contributed by atoms with van der Waals surface area (Å²) in [6.07, 6.45) is 2.89. The van der Waals surface area contributed by atoms with Crippen molar-refractivity contribution in [2.24, 2.45) is 5.73 Å². The molecule has 114 valence electrons. The second-order valence-electron chi connectivity index (χ2n) is 5.22. The van der Waals surface area contributed by atoms with Crippen LogP contribution in [0.4, 0.5) is 5.82 Å². The smallest absolute Gasteiger partial charge is 0.241 e. The summed E-state index contributed by atoms with van der Waals surface area (Å²) in [7, 11) is 3.53. The van der Waals surface area contributed by atoms with Gasteiger partial charge in [0.1, 0.15) is 5.65 Å². The Morgan fingerprint density at radius 2 is 2.14 bits per heavy atom. The minimum Gasteiger partial charge on any atom is -0.347 e. The number of amides is 1. The molecule has 2 rings (SSSR count). The molecule has 0 radical (unpaired) electrons. The Morgan fingerprint density at radius 3 is 2.76 bits per heavy atom. The van der Waals surface area contributed by atoms with Gasteiger partial charge in [0.05, 0.1) is 12.2 Å². The Kier molecular flexibility index (Phi) is 4.80. The van der Waals surface area contributed by atoms with E-state index in [2.05, 4.69) is 11.9 Å². The Labute approximate surface area is 125 Å². The molecule has 0 aliphatic rings. The minimum absolute atomic E-state index is 0.0588. The molecule has 0 saturated heterocycles. The number of carbonyl (C=O) groups excluding carboxylic acids is 1. The highest BCUT2D eigenvalue weighted by molar-refractivity contribution is 5.81. The summed E-state index contributed by atoms with van der Waals surface area (Å²) in [6.45, 7) is 3.57. The van der Waals surface area contributed by atoms with Crippen LogP contribution in [0, 0.1) is 0 Å². The van der Waals surface area contributed by atoms with E-state index in [1.54, 1.807) is 19.0 Å². The van der Waals surface area contributed by atoms with Gasteiger partial charge in [-0.05, 0) is 18.6 Å². The predicted molar refractivity (Wildman–Crippen MR) is 84.3 cm³/mol. The fourth-order valence-corrected chi connectivity index (χ4v) is 2.31. The maximum Gasteiger partial charge on any atom is 0.241 e. The van der Waals surface area contributed by atoms with E-state index in [0.29, 0.717) is 13.1 Å². The van der Waals surface area contributed by atoms with Crippen molar-refractivity contribution in [3.63, 3.8) is 0 Å². The number of fused-ring (bicyclic) bond motifs is 1. The number of hydrogen-bond donors (Lipinski definition) is 1. The van der Waals surface area contributed by atoms with Gasteiger partial charge in [-0.25, -0.2) is 4.98 Å². The predicted octanol–water partition coefficient (Wildman–Crippen LogP) is 1.10. The van der Waals surface area contributed by atoms with Crippen molar-refractivity contribution in [2.45, 2.75) is 19.9 Å². The molecule has 0 aliphatic heterocycles. The number of hydrogen-bond acceptors (Lipinski definition) is 4. The zero-order valence-corrected chi connectivity index (χ0v) is 12.9. The van der Waals surface area contributed by atoms with Crippen LogP contribution in [-0.4, -0.2) is 47.4 Å². The third kappa shape index (κ3) is 3.16. The zero-order valence-electron chi connectivity index (χ0n) is 12.9. The summed E-state index contributed by atoms with van der Waals surface area (Å²) in [6, 6.07) is 5.84. The molecule has 0 saturated carbocycles. The lowest BCUT2D eigenvalue weighted by molar-refractivity contribution is -0.127. The lowest BCUT2D eigenvalue weighted by Crippen LogP contribution is -2.37. The monoisotopic (exact) mass is 289 g/mol. The average Bonchev–Trinajstić information content (AvgIpc) is 2.84. The summed E-state index contributed by atoms with van der Waals surface area (Å²) in [5.41, 5.74) is 7.69. The van der Waals surface area contributed by atoms with Crippen molar-refractivity contribution in [3.05, 3.63) is 30.1 Å². The molecule has 0 bridgehead atoms. The number of rotatable bonds is 6. The van der Waals surface area contributed by atoms with E-state index in [0.717, 1.165) is 30.1 Å². The number of aromatic nitrogens is 2. The molecule has 6 nitrogen and oxygen atoms in total. The van der Waals surface area contributed by atoms with E-state index in [4.69, 9.17) is 5.73 Å². The maximum atomic E-state index is 12.0. The van der Waals surface area contributed by atoms with Crippen LogP contribution < -0.4 is 10.6 Å². The average molecular weight is 289 g/mol. The SMILES string of the molecule is CCCN(CC(=O)N(C)C)c1nc2ccccn2c1CN. The Morgan fingerprint density at radius 1 is 1.38 bits per heavy atom. The van der Waals surface area contributed by atoms with E-state index < -0.39 is 0 Å². The number of imidazole rings is 1. The van der Waals surface area contributed by atoms with Gasteiger partial charge in [0.2, 0.25) is 5.91 Å². The largest absolute Gasteiger partial charge is 0.347 e. The van der Waals surface area contributed by atoms with Gasteiger partial charge < -0.3 is 19.9 Å². The van der Waals surface area contributed by atoms with Gasteiger partial charge in [0, 0.05) is 33.4 Å². The van der Waals surface area contributed by atoms with Gasteiger partial charge in [-0.15, -0.1) is 0 Å². The second kappa shape index (κ2) is 6.58. The molecule has 2 N–H and O–H groups in total. The molecule has 0 aliphatic carbocycles. The van der Waals surface area contributed by atoms with Gasteiger partial charge in [0.25, 0.3) is 0 Å². The highest BCUT2D eigenvalue weighted by atomic mass is 16.2. The Balaban J connectivity index is 2.41. The van der Waals surface area contributed by atoms with Crippen molar-refractivity contribution >= 4 is 17.4 Å².